The van der Waals surface area contributed by atoms with E-state index in [1.807, 2.05) is 36.4 Å². The average molecular weight is 421 g/mol. The van der Waals surface area contributed by atoms with Crippen molar-refractivity contribution in [2.75, 3.05) is 34.4 Å². The Balaban J connectivity index is 0.00000300. The quantitative estimate of drug-likeness (QED) is 0.681. The van der Waals surface area contributed by atoms with Crippen molar-refractivity contribution < 1.29 is 19.0 Å². The van der Waals surface area contributed by atoms with E-state index < -0.39 is 0 Å². The van der Waals surface area contributed by atoms with E-state index in [1.165, 1.54) is 12.8 Å². The highest BCUT2D eigenvalue weighted by molar-refractivity contribution is 5.95. The highest BCUT2D eigenvalue weighted by atomic mass is 35.5. The molecule has 1 saturated heterocycles. The van der Waals surface area contributed by atoms with E-state index in [-0.39, 0.29) is 18.3 Å². The summed E-state index contributed by atoms with van der Waals surface area (Å²) in [7, 11) is 4.75. The monoisotopic (exact) mass is 420 g/mol. The molecule has 2 N–H and O–H groups in total. The second kappa shape index (κ2) is 10.9. The first-order chi connectivity index (χ1) is 13.7. The van der Waals surface area contributed by atoms with E-state index in [0.717, 1.165) is 24.1 Å². The van der Waals surface area contributed by atoms with E-state index in [1.54, 1.807) is 21.3 Å². The first-order valence-electron chi connectivity index (χ1n) is 9.58. The van der Waals surface area contributed by atoms with Crippen molar-refractivity contribution in [2.45, 2.75) is 25.3 Å². The molecule has 0 aromatic heterocycles. The summed E-state index contributed by atoms with van der Waals surface area (Å²) in [4.78, 5) is 12.5. The molecule has 1 aliphatic heterocycles. The molecule has 1 heterocycles. The number of carbonyl (C=O) groups excluding carboxylic acids is 1. The van der Waals surface area contributed by atoms with Crippen molar-refractivity contribution >= 4 is 18.3 Å². The highest BCUT2D eigenvalue weighted by Gasteiger charge is 2.16. The van der Waals surface area contributed by atoms with Gasteiger partial charge in [0.15, 0.2) is 11.5 Å². The number of hydrogen-bond donors (Lipinski definition) is 2. The van der Waals surface area contributed by atoms with Crippen LogP contribution in [0.3, 0.4) is 0 Å². The van der Waals surface area contributed by atoms with Gasteiger partial charge in [0.05, 0.1) is 21.3 Å². The van der Waals surface area contributed by atoms with Crippen LogP contribution < -0.4 is 24.8 Å². The summed E-state index contributed by atoms with van der Waals surface area (Å²) in [5.41, 5.74) is 2.43. The number of benzene rings is 2. The van der Waals surface area contributed by atoms with E-state index in [4.69, 9.17) is 14.2 Å². The fourth-order valence-electron chi connectivity index (χ4n) is 3.55. The normalized spacial score (nSPS) is 15.3. The van der Waals surface area contributed by atoms with Crippen molar-refractivity contribution in [1.82, 2.24) is 10.6 Å². The summed E-state index contributed by atoms with van der Waals surface area (Å²) in [5.74, 6) is 1.64. The van der Waals surface area contributed by atoms with Crippen molar-refractivity contribution in [2.24, 2.45) is 0 Å². The lowest BCUT2D eigenvalue weighted by Crippen LogP contribution is -2.30. The SMILES string of the molecule is COc1cc(-c2cccc(C(=O)NCC[C@H]3CCCN3)c2)cc(OC)c1OC.Cl. The van der Waals surface area contributed by atoms with E-state index >= 15 is 0 Å². The molecule has 6 nitrogen and oxygen atoms in total. The fraction of sp³-hybridized carbons (Fsp3) is 0.409. The molecule has 0 aliphatic carbocycles. The van der Waals surface area contributed by atoms with Crippen LogP contribution in [0, 0.1) is 0 Å². The van der Waals surface area contributed by atoms with Crippen molar-refractivity contribution in [3.63, 3.8) is 0 Å². The predicted molar refractivity (Wildman–Crippen MR) is 117 cm³/mol. The lowest BCUT2D eigenvalue weighted by molar-refractivity contribution is 0.0952. The number of amides is 1. The molecule has 3 rings (SSSR count). The first kappa shape index (κ1) is 22.8. The topological polar surface area (TPSA) is 68.8 Å². The van der Waals surface area contributed by atoms with Gasteiger partial charge in [0.1, 0.15) is 0 Å². The number of methoxy groups -OCH3 is 3. The Morgan fingerprint density at radius 2 is 1.79 bits per heavy atom. The summed E-state index contributed by atoms with van der Waals surface area (Å²) >= 11 is 0. The van der Waals surface area contributed by atoms with Gasteiger partial charge in [-0.2, -0.15) is 0 Å². The van der Waals surface area contributed by atoms with Crippen molar-refractivity contribution in [3.8, 4) is 28.4 Å². The van der Waals surface area contributed by atoms with Gasteiger partial charge in [-0.1, -0.05) is 12.1 Å². The predicted octanol–water partition coefficient (Wildman–Crippen LogP) is 3.67. The van der Waals surface area contributed by atoms with Gasteiger partial charge in [-0.25, -0.2) is 0 Å². The van der Waals surface area contributed by atoms with Crippen LogP contribution in [0.2, 0.25) is 0 Å². The summed E-state index contributed by atoms with van der Waals surface area (Å²) in [5, 5.41) is 6.47. The maximum absolute atomic E-state index is 12.5. The Morgan fingerprint density at radius 3 is 2.38 bits per heavy atom. The molecule has 0 saturated carbocycles. The molecule has 158 valence electrons. The van der Waals surface area contributed by atoms with Crippen LogP contribution in [0.15, 0.2) is 36.4 Å². The zero-order valence-electron chi connectivity index (χ0n) is 17.1. The van der Waals surface area contributed by atoms with E-state index in [9.17, 15) is 4.79 Å². The molecule has 29 heavy (non-hydrogen) atoms. The second-order valence-corrected chi connectivity index (χ2v) is 6.83. The van der Waals surface area contributed by atoms with Gasteiger partial charge in [-0.15, -0.1) is 12.4 Å². The molecular formula is C22H29ClN2O4. The average Bonchev–Trinajstić information content (AvgIpc) is 3.26. The van der Waals surface area contributed by atoms with E-state index in [0.29, 0.717) is 35.4 Å². The largest absolute Gasteiger partial charge is 0.493 e. The number of carbonyl (C=O) groups is 1. The fourth-order valence-corrected chi connectivity index (χ4v) is 3.55. The molecule has 0 bridgehead atoms. The van der Waals surface area contributed by atoms with Gasteiger partial charge in [0.2, 0.25) is 5.75 Å². The number of nitrogens with one attached hydrogen (secondary N) is 2. The Kier molecular flexibility index (Phi) is 8.61. The maximum Gasteiger partial charge on any atom is 0.251 e. The molecule has 2 aromatic carbocycles. The third kappa shape index (κ3) is 5.55. The van der Waals surface area contributed by atoms with Crippen LogP contribution in [0.5, 0.6) is 17.2 Å². The summed E-state index contributed by atoms with van der Waals surface area (Å²) < 4.78 is 16.2. The molecule has 1 aliphatic rings. The number of rotatable bonds is 8. The van der Waals surface area contributed by atoms with Gasteiger partial charge in [-0.3, -0.25) is 4.79 Å². The molecule has 0 spiro atoms. The van der Waals surface area contributed by atoms with Crippen molar-refractivity contribution in [3.05, 3.63) is 42.0 Å². The van der Waals surface area contributed by atoms with Gasteiger partial charge in [0, 0.05) is 18.2 Å². The van der Waals surface area contributed by atoms with Crippen LogP contribution in [0.4, 0.5) is 0 Å². The van der Waals surface area contributed by atoms with Crippen LogP contribution in [0.25, 0.3) is 11.1 Å². The van der Waals surface area contributed by atoms with Gasteiger partial charge >= 0.3 is 0 Å². The number of halogens is 1. The maximum atomic E-state index is 12.5. The molecule has 2 aromatic rings. The molecule has 1 fully saturated rings. The Bertz CT molecular complexity index is 797. The second-order valence-electron chi connectivity index (χ2n) is 6.83. The smallest absolute Gasteiger partial charge is 0.251 e. The lowest BCUT2D eigenvalue weighted by Gasteiger charge is -2.15. The zero-order valence-corrected chi connectivity index (χ0v) is 17.9. The molecule has 7 heteroatoms. The zero-order chi connectivity index (χ0) is 19.9. The standard InChI is InChI=1S/C22H28N2O4.ClH/c1-26-19-13-17(14-20(27-2)21(19)28-3)15-6-4-7-16(12-15)22(25)24-11-9-18-8-5-10-23-18;/h4,6-7,12-14,18,23H,5,8-11H2,1-3H3,(H,24,25);1H/t18-;/m1./s1. The summed E-state index contributed by atoms with van der Waals surface area (Å²) in [6.07, 6.45) is 3.36. The lowest BCUT2D eigenvalue weighted by atomic mass is 10.0. The van der Waals surface area contributed by atoms with Gasteiger partial charge < -0.3 is 24.8 Å². The Hall–Kier alpha value is -2.44. The molecule has 0 unspecified atom stereocenters. The van der Waals surface area contributed by atoms with Gasteiger partial charge in [0.25, 0.3) is 5.91 Å². The number of ether oxygens (including phenoxy) is 3. The minimum Gasteiger partial charge on any atom is -0.493 e. The van der Waals surface area contributed by atoms with Gasteiger partial charge in [-0.05, 0) is 61.2 Å². The first-order valence-corrected chi connectivity index (χ1v) is 9.58. The Morgan fingerprint density at radius 1 is 1.07 bits per heavy atom. The van der Waals surface area contributed by atoms with Crippen LogP contribution in [-0.2, 0) is 0 Å². The van der Waals surface area contributed by atoms with E-state index in [2.05, 4.69) is 10.6 Å². The van der Waals surface area contributed by atoms with Crippen molar-refractivity contribution in [1.29, 1.82) is 0 Å². The molecular weight excluding hydrogens is 392 g/mol. The third-order valence-corrected chi connectivity index (χ3v) is 5.06. The molecule has 0 radical (unpaired) electrons. The molecule has 1 amide bonds. The highest BCUT2D eigenvalue weighted by Crippen LogP contribution is 2.41. The van der Waals surface area contributed by atoms with Crippen LogP contribution in [0.1, 0.15) is 29.6 Å². The molecule has 1 atom stereocenters. The minimum absolute atomic E-state index is 0. The number of hydrogen-bond acceptors (Lipinski definition) is 5. The minimum atomic E-state index is -0.0627. The van der Waals surface area contributed by atoms with Crippen LogP contribution in [-0.4, -0.2) is 46.4 Å². The Labute approximate surface area is 178 Å². The van der Waals surface area contributed by atoms with Crippen LogP contribution >= 0.6 is 12.4 Å². The third-order valence-electron chi connectivity index (χ3n) is 5.06. The summed E-state index contributed by atoms with van der Waals surface area (Å²) in [6.45, 7) is 1.75. The summed E-state index contributed by atoms with van der Waals surface area (Å²) in [6, 6.07) is 11.8.